The van der Waals surface area contributed by atoms with Crippen molar-refractivity contribution in [1.82, 2.24) is 4.98 Å². The van der Waals surface area contributed by atoms with Crippen molar-refractivity contribution in [1.29, 1.82) is 5.41 Å². The zero-order valence-corrected chi connectivity index (χ0v) is 12.4. The molecule has 0 saturated heterocycles. The zero-order valence-electron chi connectivity index (χ0n) is 10.8. The van der Waals surface area contributed by atoms with Crippen LogP contribution in [0.15, 0.2) is 30.3 Å². The number of benzene rings is 1. The minimum absolute atomic E-state index is 0.00701. The summed E-state index contributed by atoms with van der Waals surface area (Å²) in [7, 11) is 1.38. The van der Waals surface area contributed by atoms with Gasteiger partial charge in [-0.3, -0.25) is 10.1 Å². The molecule has 0 fully saturated rings. The summed E-state index contributed by atoms with van der Waals surface area (Å²) in [5, 5.41) is 8.38. The minimum atomic E-state index is -0.477. The Bertz CT molecular complexity index is 684. The first-order chi connectivity index (χ1) is 10.1. The zero-order chi connectivity index (χ0) is 15.4. The number of nitrogens with zero attached hydrogens (tertiary/aromatic N) is 1. The number of anilines is 1. The molecule has 1 heterocycles. The molecule has 1 aromatic heterocycles. The van der Waals surface area contributed by atoms with Crippen LogP contribution in [-0.2, 0) is 0 Å². The van der Waals surface area contributed by atoms with E-state index in [-0.39, 0.29) is 34.8 Å². The molecule has 0 aliphatic rings. The normalized spacial score (nSPS) is 10.3. The van der Waals surface area contributed by atoms with Crippen LogP contribution in [0.1, 0.15) is 11.1 Å². The van der Waals surface area contributed by atoms with Crippen LogP contribution in [0.3, 0.4) is 0 Å². The Morgan fingerprint density at radius 1 is 1.33 bits per heavy atom. The molecule has 21 heavy (non-hydrogen) atoms. The van der Waals surface area contributed by atoms with Crippen LogP contribution in [0.2, 0.25) is 5.15 Å². The standard InChI is InChI=1S/C13H10ClF2N3OS/c1-20-10-6-7(15)2-3-8(10)12(17)9-4-5-11(14)18-13(9)19-21-16/h2-6,17H,1H3,(H,18,19). The van der Waals surface area contributed by atoms with Crippen molar-refractivity contribution >= 4 is 35.5 Å². The van der Waals surface area contributed by atoms with Gasteiger partial charge in [0.05, 0.1) is 12.8 Å². The maximum Gasteiger partial charge on any atom is 0.163 e. The van der Waals surface area contributed by atoms with Crippen LogP contribution >= 0.6 is 23.9 Å². The molecule has 1 aromatic carbocycles. The van der Waals surface area contributed by atoms with Crippen LogP contribution in [-0.4, -0.2) is 17.8 Å². The molecule has 110 valence electrons. The fourth-order valence-corrected chi connectivity index (χ4v) is 2.14. The number of nitrogens with one attached hydrogen (secondary N) is 2. The lowest BCUT2D eigenvalue weighted by molar-refractivity contribution is 0.410. The van der Waals surface area contributed by atoms with Gasteiger partial charge in [-0.1, -0.05) is 11.6 Å². The fourth-order valence-electron chi connectivity index (χ4n) is 1.77. The Morgan fingerprint density at radius 2 is 2.05 bits per heavy atom. The van der Waals surface area contributed by atoms with Crippen molar-refractivity contribution in [3.63, 3.8) is 0 Å². The molecule has 2 N–H and O–H groups in total. The highest BCUT2D eigenvalue weighted by atomic mass is 35.5. The number of ether oxygens (including phenoxy) is 1. The monoisotopic (exact) mass is 329 g/mol. The van der Waals surface area contributed by atoms with Crippen molar-refractivity contribution < 1.29 is 13.0 Å². The van der Waals surface area contributed by atoms with Gasteiger partial charge in [0.25, 0.3) is 0 Å². The molecule has 0 bridgehead atoms. The third kappa shape index (κ3) is 3.43. The number of aromatic nitrogens is 1. The van der Waals surface area contributed by atoms with Crippen LogP contribution < -0.4 is 9.46 Å². The smallest absolute Gasteiger partial charge is 0.163 e. The van der Waals surface area contributed by atoms with E-state index in [1.165, 1.54) is 37.4 Å². The second-order valence-corrected chi connectivity index (χ2v) is 4.67. The van der Waals surface area contributed by atoms with Gasteiger partial charge in [-0.05, 0) is 24.3 Å². The summed E-state index contributed by atoms with van der Waals surface area (Å²) in [4.78, 5) is 3.92. The predicted molar refractivity (Wildman–Crippen MR) is 80.5 cm³/mol. The lowest BCUT2D eigenvalue weighted by atomic mass is 10.0. The summed E-state index contributed by atoms with van der Waals surface area (Å²) in [6, 6.07) is 6.81. The van der Waals surface area contributed by atoms with Gasteiger partial charge in [0.15, 0.2) is 12.3 Å². The lowest BCUT2D eigenvalue weighted by Crippen LogP contribution is -2.08. The van der Waals surface area contributed by atoms with Crippen molar-refractivity contribution in [2.24, 2.45) is 0 Å². The molecule has 0 atom stereocenters. The van der Waals surface area contributed by atoms with Crippen LogP contribution in [0.25, 0.3) is 0 Å². The quantitative estimate of drug-likeness (QED) is 0.489. The Kier molecular flexibility index (Phi) is 4.98. The van der Waals surface area contributed by atoms with Gasteiger partial charge >= 0.3 is 0 Å². The van der Waals surface area contributed by atoms with Gasteiger partial charge in [-0.25, -0.2) is 9.37 Å². The van der Waals surface area contributed by atoms with Gasteiger partial charge in [-0.2, -0.15) is 0 Å². The average Bonchev–Trinajstić information content (AvgIpc) is 2.47. The number of rotatable bonds is 5. The molecule has 0 aliphatic heterocycles. The third-order valence-electron chi connectivity index (χ3n) is 2.70. The molecule has 0 spiro atoms. The topological polar surface area (TPSA) is 58.0 Å². The highest BCUT2D eigenvalue weighted by Crippen LogP contribution is 2.27. The van der Waals surface area contributed by atoms with Crippen LogP contribution in [0, 0.1) is 11.2 Å². The van der Waals surface area contributed by atoms with E-state index in [0.29, 0.717) is 11.1 Å². The Morgan fingerprint density at radius 3 is 2.71 bits per heavy atom. The van der Waals surface area contributed by atoms with E-state index >= 15 is 0 Å². The molecule has 0 saturated carbocycles. The third-order valence-corrected chi connectivity index (χ3v) is 3.18. The first-order valence-corrected chi connectivity index (χ1v) is 6.79. The second-order valence-electron chi connectivity index (χ2n) is 3.93. The Hall–Kier alpha value is -1.86. The van der Waals surface area contributed by atoms with Gasteiger partial charge in [0, 0.05) is 17.2 Å². The summed E-state index contributed by atoms with van der Waals surface area (Å²) < 4.78 is 33.0. The van der Waals surface area contributed by atoms with E-state index in [2.05, 4.69) is 9.71 Å². The Labute approximate surface area is 129 Å². The van der Waals surface area contributed by atoms with E-state index in [1.807, 2.05) is 0 Å². The molecule has 8 heteroatoms. The van der Waals surface area contributed by atoms with Crippen LogP contribution in [0.5, 0.6) is 5.75 Å². The Balaban J connectivity index is 2.49. The van der Waals surface area contributed by atoms with E-state index < -0.39 is 5.82 Å². The van der Waals surface area contributed by atoms with E-state index in [4.69, 9.17) is 21.7 Å². The first kappa shape index (κ1) is 15.5. The number of hydrogen-bond acceptors (Lipinski definition) is 5. The highest BCUT2D eigenvalue weighted by molar-refractivity contribution is 7.95. The van der Waals surface area contributed by atoms with E-state index in [0.717, 1.165) is 0 Å². The fraction of sp³-hybridized carbons (Fsp3) is 0.0769. The molecular weight excluding hydrogens is 320 g/mol. The summed E-state index contributed by atoms with van der Waals surface area (Å²) in [6.45, 7) is 0. The van der Waals surface area contributed by atoms with Crippen molar-refractivity contribution in [2.75, 3.05) is 11.8 Å². The molecule has 2 rings (SSSR count). The average molecular weight is 330 g/mol. The van der Waals surface area contributed by atoms with Crippen molar-refractivity contribution in [3.8, 4) is 5.75 Å². The molecule has 0 aliphatic carbocycles. The number of pyridine rings is 1. The van der Waals surface area contributed by atoms with Crippen molar-refractivity contribution in [2.45, 2.75) is 0 Å². The van der Waals surface area contributed by atoms with Gasteiger partial charge < -0.3 is 4.74 Å². The summed E-state index contributed by atoms with van der Waals surface area (Å²) in [5.41, 5.74) is 0.678. The van der Waals surface area contributed by atoms with E-state index in [1.54, 1.807) is 0 Å². The second kappa shape index (κ2) is 6.73. The molecule has 2 aromatic rings. The molecule has 0 radical (unpaired) electrons. The largest absolute Gasteiger partial charge is 0.496 e. The summed E-state index contributed by atoms with van der Waals surface area (Å²) in [5.74, 6) is -0.171. The minimum Gasteiger partial charge on any atom is -0.496 e. The van der Waals surface area contributed by atoms with Gasteiger partial charge in [0.1, 0.15) is 22.5 Å². The van der Waals surface area contributed by atoms with Crippen LogP contribution in [0.4, 0.5) is 14.1 Å². The lowest BCUT2D eigenvalue weighted by Gasteiger charge is -2.12. The maximum atomic E-state index is 13.2. The van der Waals surface area contributed by atoms with Gasteiger partial charge in [0.2, 0.25) is 0 Å². The maximum absolute atomic E-state index is 13.2. The highest BCUT2D eigenvalue weighted by Gasteiger charge is 2.16. The molecule has 4 nitrogen and oxygen atoms in total. The van der Waals surface area contributed by atoms with Gasteiger partial charge in [-0.15, -0.1) is 3.89 Å². The number of methoxy groups -OCH3 is 1. The summed E-state index contributed by atoms with van der Waals surface area (Å²) in [6.07, 6.45) is 0. The molecular formula is C13H10ClF2N3OS. The SMILES string of the molecule is COc1cc(F)ccc1C(=N)c1ccc(Cl)nc1NSF. The van der Waals surface area contributed by atoms with E-state index in [9.17, 15) is 8.28 Å². The number of halogens is 3. The molecule has 0 unspecified atom stereocenters. The number of hydrogen-bond donors (Lipinski definition) is 2. The first-order valence-electron chi connectivity index (χ1n) is 5.69. The summed E-state index contributed by atoms with van der Waals surface area (Å²) >= 11 is 5.60. The van der Waals surface area contributed by atoms with Crippen molar-refractivity contribution in [3.05, 3.63) is 52.4 Å². The molecule has 0 amide bonds. The predicted octanol–water partition coefficient (Wildman–Crippen LogP) is 4.24.